The Balaban J connectivity index is 2.31. The van der Waals surface area contributed by atoms with E-state index in [2.05, 4.69) is 5.18 Å². The quantitative estimate of drug-likeness (QED) is 0.611. The van der Waals surface area contributed by atoms with Crippen molar-refractivity contribution < 1.29 is 15.0 Å². The van der Waals surface area contributed by atoms with E-state index in [1.54, 1.807) is 0 Å². The zero-order valence-corrected chi connectivity index (χ0v) is 7.51. The minimum Gasteiger partial charge on any atom is -0.509 e. The Morgan fingerprint density at radius 1 is 1.29 bits per heavy atom. The molecule has 0 aromatic rings. The standard InChI is InChI=1S/C9H11NO4/c11-4-1-2-5-6(3-4)9(13)7(10-14)8(5)12/h4-6,11,13H,1-3H2. The first-order valence-electron chi connectivity index (χ1n) is 4.64. The molecule has 0 aromatic carbocycles. The van der Waals surface area contributed by atoms with Crippen LogP contribution in [0.3, 0.4) is 0 Å². The van der Waals surface area contributed by atoms with E-state index in [4.69, 9.17) is 0 Å². The van der Waals surface area contributed by atoms with Crippen LogP contribution in [0.2, 0.25) is 0 Å². The van der Waals surface area contributed by atoms with Gasteiger partial charge in [-0.2, -0.15) is 0 Å². The van der Waals surface area contributed by atoms with Gasteiger partial charge in [0.15, 0.2) is 11.5 Å². The molecule has 0 radical (unpaired) electrons. The number of aliphatic hydroxyl groups is 2. The molecule has 1 fully saturated rings. The molecule has 5 heteroatoms. The molecule has 2 N–H and O–H groups in total. The predicted molar refractivity (Wildman–Crippen MR) is 47.3 cm³/mol. The molecule has 2 rings (SSSR count). The zero-order valence-electron chi connectivity index (χ0n) is 7.51. The van der Waals surface area contributed by atoms with Crippen molar-refractivity contribution in [2.24, 2.45) is 17.0 Å². The van der Waals surface area contributed by atoms with Crippen molar-refractivity contribution in [3.8, 4) is 0 Å². The van der Waals surface area contributed by atoms with Crippen LogP contribution in [-0.4, -0.2) is 22.1 Å². The van der Waals surface area contributed by atoms with Crippen LogP contribution in [-0.2, 0) is 4.79 Å². The molecule has 3 atom stereocenters. The number of hydrogen-bond acceptors (Lipinski definition) is 5. The molecule has 1 saturated carbocycles. The van der Waals surface area contributed by atoms with Gasteiger partial charge in [0.2, 0.25) is 0 Å². The van der Waals surface area contributed by atoms with Crippen LogP contribution in [0.4, 0.5) is 0 Å². The Bertz CT molecular complexity index is 323. The van der Waals surface area contributed by atoms with Gasteiger partial charge in [0, 0.05) is 11.8 Å². The fourth-order valence-electron chi connectivity index (χ4n) is 2.33. The number of hydrogen-bond donors (Lipinski definition) is 2. The van der Waals surface area contributed by atoms with E-state index >= 15 is 0 Å². The van der Waals surface area contributed by atoms with Crippen molar-refractivity contribution in [3.63, 3.8) is 0 Å². The second kappa shape index (κ2) is 3.16. The molecule has 0 aliphatic heterocycles. The number of nitrogens with zero attached hydrogens (tertiary/aromatic N) is 1. The highest BCUT2D eigenvalue weighted by atomic mass is 16.3. The number of carbonyl (C=O) groups is 1. The maximum atomic E-state index is 11.5. The minimum absolute atomic E-state index is 0.228. The van der Waals surface area contributed by atoms with Gasteiger partial charge >= 0.3 is 0 Å². The Hall–Kier alpha value is -1.23. The molecule has 0 bridgehead atoms. The smallest absolute Gasteiger partial charge is 0.192 e. The summed E-state index contributed by atoms with van der Waals surface area (Å²) in [5, 5.41) is 21.4. The highest BCUT2D eigenvalue weighted by Gasteiger charge is 2.46. The summed E-state index contributed by atoms with van der Waals surface area (Å²) < 4.78 is 0. The summed E-state index contributed by atoms with van der Waals surface area (Å²) in [6, 6.07) is 0. The maximum Gasteiger partial charge on any atom is 0.192 e. The number of aliphatic hydroxyl groups excluding tert-OH is 2. The third-order valence-corrected chi connectivity index (χ3v) is 3.08. The van der Waals surface area contributed by atoms with Gasteiger partial charge < -0.3 is 10.2 Å². The average Bonchev–Trinajstić information content (AvgIpc) is 2.39. The third kappa shape index (κ3) is 1.16. The number of fused-ring (bicyclic) bond motifs is 1. The number of allylic oxidation sites excluding steroid dienone is 2. The average molecular weight is 197 g/mol. The van der Waals surface area contributed by atoms with Crippen molar-refractivity contribution in [1.82, 2.24) is 0 Å². The van der Waals surface area contributed by atoms with E-state index in [1.165, 1.54) is 0 Å². The van der Waals surface area contributed by atoms with Gasteiger partial charge in [-0.15, -0.1) is 4.91 Å². The maximum absolute atomic E-state index is 11.5. The molecule has 5 nitrogen and oxygen atoms in total. The van der Waals surface area contributed by atoms with E-state index in [0.29, 0.717) is 19.3 Å². The number of carbonyl (C=O) groups excluding carboxylic acids is 1. The first-order valence-corrected chi connectivity index (χ1v) is 4.64. The molecule has 14 heavy (non-hydrogen) atoms. The van der Waals surface area contributed by atoms with Crippen LogP contribution in [0.25, 0.3) is 0 Å². The van der Waals surface area contributed by atoms with Gasteiger partial charge in [-0.05, 0) is 24.4 Å². The molecule has 0 aromatic heterocycles. The van der Waals surface area contributed by atoms with Crippen molar-refractivity contribution in [3.05, 3.63) is 16.4 Å². The van der Waals surface area contributed by atoms with Gasteiger partial charge in [0.25, 0.3) is 0 Å². The molecular formula is C9H11NO4. The van der Waals surface area contributed by atoms with Gasteiger partial charge in [-0.3, -0.25) is 4.79 Å². The molecule has 0 saturated heterocycles. The highest BCUT2D eigenvalue weighted by molar-refractivity contribution is 6.00. The lowest BCUT2D eigenvalue weighted by molar-refractivity contribution is -0.120. The molecule has 2 aliphatic rings. The third-order valence-electron chi connectivity index (χ3n) is 3.08. The van der Waals surface area contributed by atoms with Gasteiger partial charge in [-0.1, -0.05) is 0 Å². The van der Waals surface area contributed by atoms with Crippen molar-refractivity contribution in [1.29, 1.82) is 0 Å². The van der Waals surface area contributed by atoms with Crippen LogP contribution >= 0.6 is 0 Å². The lowest BCUT2D eigenvalue weighted by Crippen LogP contribution is -2.29. The lowest BCUT2D eigenvalue weighted by atomic mass is 9.79. The van der Waals surface area contributed by atoms with Gasteiger partial charge in [0.05, 0.1) is 6.10 Å². The minimum atomic E-state index is -0.489. The fourth-order valence-corrected chi connectivity index (χ4v) is 2.33. The Labute approximate surface area is 80.4 Å². The number of rotatable bonds is 1. The van der Waals surface area contributed by atoms with E-state index in [-0.39, 0.29) is 29.1 Å². The van der Waals surface area contributed by atoms with E-state index in [0.717, 1.165) is 0 Å². The number of Topliss-reactive ketones (excluding diaryl/α,β-unsaturated/α-hetero) is 1. The number of ketones is 1. The molecule has 0 spiro atoms. The summed E-state index contributed by atoms with van der Waals surface area (Å²) in [4.78, 5) is 21.8. The first kappa shape index (κ1) is 9.33. The first-order chi connectivity index (χ1) is 6.65. The predicted octanol–water partition coefficient (Wildman–Crippen LogP) is 0.882. The Morgan fingerprint density at radius 3 is 2.64 bits per heavy atom. The molecular weight excluding hydrogens is 186 g/mol. The lowest BCUT2D eigenvalue weighted by Gasteiger charge is -2.27. The monoisotopic (exact) mass is 197 g/mol. The molecule has 76 valence electrons. The highest BCUT2D eigenvalue weighted by Crippen LogP contribution is 2.42. The SMILES string of the molecule is O=NC1=C(O)C2CC(O)CCC2C1=O. The fraction of sp³-hybridized carbons (Fsp3) is 0.667. The van der Waals surface area contributed by atoms with Crippen LogP contribution in [0.1, 0.15) is 19.3 Å². The number of nitroso groups, excluding NO2 is 1. The zero-order chi connectivity index (χ0) is 10.3. The largest absolute Gasteiger partial charge is 0.509 e. The molecule has 0 amide bonds. The van der Waals surface area contributed by atoms with E-state index in [1.807, 2.05) is 0 Å². The Morgan fingerprint density at radius 2 is 2.00 bits per heavy atom. The van der Waals surface area contributed by atoms with Crippen LogP contribution in [0.5, 0.6) is 0 Å². The van der Waals surface area contributed by atoms with Gasteiger partial charge in [-0.25, -0.2) is 0 Å². The van der Waals surface area contributed by atoms with Crippen LogP contribution in [0.15, 0.2) is 16.6 Å². The summed E-state index contributed by atoms with van der Waals surface area (Å²) in [7, 11) is 0. The summed E-state index contributed by atoms with van der Waals surface area (Å²) in [6.45, 7) is 0. The van der Waals surface area contributed by atoms with Crippen molar-refractivity contribution in [2.45, 2.75) is 25.4 Å². The topological polar surface area (TPSA) is 87.0 Å². The normalized spacial score (nSPS) is 37.2. The second-order valence-corrected chi connectivity index (χ2v) is 3.87. The van der Waals surface area contributed by atoms with Crippen LogP contribution < -0.4 is 0 Å². The summed E-state index contributed by atoms with van der Waals surface area (Å²) >= 11 is 0. The van der Waals surface area contributed by atoms with Crippen molar-refractivity contribution in [2.75, 3.05) is 0 Å². The van der Waals surface area contributed by atoms with E-state index < -0.39 is 6.10 Å². The van der Waals surface area contributed by atoms with Crippen molar-refractivity contribution >= 4 is 5.78 Å². The van der Waals surface area contributed by atoms with Gasteiger partial charge in [0.1, 0.15) is 5.76 Å². The summed E-state index contributed by atoms with van der Waals surface area (Å²) in [6.07, 6.45) is 0.929. The molecule has 3 unspecified atom stereocenters. The molecule has 0 heterocycles. The Kier molecular flexibility index (Phi) is 2.11. The molecule has 2 aliphatic carbocycles. The van der Waals surface area contributed by atoms with E-state index in [9.17, 15) is 19.9 Å². The summed E-state index contributed by atoms with van der Waals surface area (Å²) in [5.41, 5.74) is -0.339. The van der Waals surface area contributed by atoms with Crippen LogP contribution in [0, 0.1) is 16.7 Å². The second-order valence-electron chi connectivity index (χ2n) is 3.87. The summed E-state index contributed by atoms with van der Waals surface area (Å²) in [5.74, 6) is -1.33.